The monoisotopic (exact) mass is 263 g/mol. The van der Waals surface area contributed by atoms with Gasteiger partial charge in [-0.25, -0.2) is 0 Å². The molecular formula is C16H29N3. The number of nitrogens with two attached hydrogens (primary N) is 1. The van der Waals surface area contributed by atoms with E-state index in [2.05, 4.69) is 61.3 Å². The van der Waals surface area contributed by atoms with Crippen molar-refractivity contribution < 1.29 is 0 Å². The lowest BCUT2D eigenvalue weighted by Gasteiger charge is -2.31. The van der Waals surface area contributed by atoms with E-state index in [0.717, 1.165) is 32.6 Å². The largest absolute Gasteiger partial charge is 0.329 e. The van der Waals surface area contributed by atoms with Crippen molar-refractivity contribution in [3.05, 3.63) is 35.9 Å². The van der Waals surface area contributed by atoms with Crippen LogP contribution < -0.4 is 11.1 Å². The minimum atomic E-state index is -0.0193. The lowest BCUT2D eigenvalue weighted by Crippen LogP contribution is -2.52. The molecule has 0 aliphatic heterocycles. The summed E-state index contributed by atoms with van der Waals surface area (Å²) >= 11 is 0. The summed E-state index contributed by atoms with van der Waals surface area (Å²) in [6.45, 7) is 11.6. The molecular weight excluding hydrogens is 234 g/mol. The summed E-state index contributed by atoms with van der Waals surface area (Å²) in [5, 5.41) is 3.63. The number of likely N-dealkylation sites (N-methyl/N-ethyl adjacent to an activating group) is 1. The van der Waals surface area contributed by atoms with E-state index >= 15 is 0 Å². The Morgan fingerprint density at radius 1 is 1.16 bits per heavy atom. The molecule has 0 aliphatic carbocycles. The van der Waals surface area contributed by atoms with E-state index in [-0.39, 0.29) is 5.54 Å². The van der Waals surface area contributed by atoms with Crippen molar-refractivity contribution in [1.29, 1.82) is 0 Å². The SMILES string of the molecule is CCN(CC)CCNC(C)(CN)Cc1ccccc1. The summed E-state index contributed by atoms with van der Waals surface area (Å²) in [7, 11) is 0. The Morgan fingerprint density at radius 3 is 2.32 bits per heavy atom. The van der Waals surface area contributed by atoms with Crippen LogP contribution in [-0.4, -0.2) is 43.2 Å². The van der Waals surface area contributed by atoms with Crippen molar-refractivity contribution in [1.82, 2.24) is 10.2 Å². The standard InChI is InChI=1S/C16H29N3/c1-4-19(5-2)12-11-18-16(3,14-17)13-15-9-7-6-8-10-15/h6-10,18H,4-5,11-14,17H2,1-3H3. The van der Waals surface area contributed by atoms with Crippen molar-refractivity contribution in [2.75, 3.05) is 32.7 Å². The summed E-state index contributed by atoms with van der Waals surface area (Å²) in [6.07, 6.45) is 0.975. The van der Waals surface area contributed by atoms with Crippen molar-refractivity contribution in [3.8, 4) is 0 Å². The average molecular weight is 263 g/mol. The molecule has 1 unspecified atom stereocenters. The first kappa shape index (κ1) is 16.2. The molecule has 108 valence electrons. The van der Waals surface area contributed by atoms with Gasteiger partial charge >= 0.3 is 0 Å². The molecule has 0 saturated heterocycles. The molecule has 1 aromatic carbocycles. The molecule has 3 nitrogen and oxygen atoms in total. The van der Waals surface area contributed by atoms with E-state index in [0.29, 0.717) is 6.54 Å². The molecule has 0 amide bonds. The number of benzene rings is 1. The van der Waals surface area contributed by atoms with Crippen molar-refractivity contribution in [2.24, 2.45) is 5.73 Å². The first-order chi connectivity index (χ1) is 9.13. The fraction of sp³-hybridized carbons (Fsp3) is 0.625. The Kier molecular flexibility index (Phi) is 7.06. The number of hydrogen-bond acceptors (Lipinski definition) is 3. The zero-order chi connectivity index (χ0) is 14.1. The molecule has 19 heavy (non-hydrogen) atoms. The predicted molar refractivity (Wildman–Crippen MR) is 83.4 cm³/mol. The zero-order valence-corrected chi connectivity index (χ0v) is 12.7. The second-order valence-electron chi connectivity index (χ2n) is 5.38. The Labute approximate surface area is 118 Å². The van der Waals surface area contributed by atoms with Gasteiger partial charge in [0.05, 0.1) is 0 Å². The van der Waals surface area contributed by atoms with Crippen LogP contribution in [-0.2, 0) is 6.42 Å². The van der Waals surface area contributed by atoms with Crippen LogP contribution in [0.3, 0.4) is 0 Å². The van der Waals surface area contributed by atoms with Crippen molar-refractivity contribution in [3.63, 3.8) is 0 Å². The Balaban J connectivity index is 2.46. The summed E-state index contributed by atoms with van der Waals surface area (Å²) in [6, 6.07) is 10.6. The van der Waals surface area contributed by atoms with E-state index in [4.69, 9.17) is 5.73 Å². The average Bonchev–Trinajstić information content (AvgIpc) is 2.45. The second-order valence-corrected chi connectivity index (χ2v) is 5.38. The lowest BCUT2D eigenvalue weighted by atomic mass is 9.93. The van der Waals surface area contributed by atoms with E-state index in [9.17, 15) is 0 Å². The van der Waals surface area contributed by atoms with Crippen LogP contribution in [0.2, 0.25) is 0 Å². The molecule has 0 bridgehead atoms. The van der Waals surface area contributed by atoms with Crippen LogP contribution in [0.1, 0.15) is 26.3 Å². The number of hydrogen-bond donors (Lipinski definition) is 2. The topological polar surface area (TPSA) is 41.3 Å². The molecule has 3 heteroatoms. The fourth-order valence-corrected chi connectivity index (χ4v) is 2.31. The first-order valence-corrected chi connectivity index (χ1v) is 7.35. The summed E-state index contributed by atoms with van der Waals surface area (Å²) < 4.78 is 0. The maximum atomic E-state index is 5.96. The van der Waals surface area contributed by atoms with Gasteiger partial charge in [0, 0.05) is 25.2 Å². The first-order valence-electron chi connectivity index (χ1n) is 7.35. The second kappa shape index (κ2) is 8.31. The van der Waals surface area contributed by atoms with E-state index in [1.807, 2.05) is 0 Å². The quantitative estimate of drug-likeness (QED) is 0.715. The maximum Gasteiger partial charge on any atom is 0.0316 e. The van der Waals surface area contributed by atoms with Crippen LogP contribution in [0.15, 0.2) is 30.3 Å². The number of rotatable bonds is 9. The van der Waals surface area contributed by atoms with Gasteiger partial charge in [0.25, 0.3) is 0 Å². The Hall–Kier alpha value is -0.900. The highest BCUT2D eigenvalue weighted by atomic mass is 15.1. The molecule has 0 fully saturated rings. The van der Waals surface area contributed by atoms with Crippen LogP contribution in [0.4, 0.5) is 0 Å². The van der Waals surface area contributed by atoms with Crippen molar-refractivity contribution >= 4 is 0 Å². The number of nitrogens with one attached hydrogen (secondary N) is 1. The normalized spacial score (nSPS) is 14.6. The van der Waals surface area contributed by atoms with Crippen LogP contribution >= 0.6 is 0 Å². The highest BCUT2D eigenvalue weighted by Crippen LogP contribution is 2.11. The Bertz CT molecular complexity index is 335. The molecule has 0 saturated carbocycles. The van der Waals surface area contributed by atoms with Gasteiger partial charge < -0.3 is 16.0 Å². The van der Waals surface area contributed by atoms with Gasteiger partial charge in [-0.05, 0) is 32.0 Å². The molecule has 0 aromatic heterocycles. The molecule has 0 spiro atoms. The van der Waals surface area contributed by atoms with Gasteiger partial charge in [0.15, 0.2) is 0 Å². The van der Waals surface area contributed by atoms with Gasteiger partial charge in [-0.3, -0.25) is 0 Å². The fourth-order valence-electron chi connectivity index (χ4n) is 2.31. The number of nitrogens with zero attached hydrogens (tertiary/aromatic N) is 1. The molecule has 3 N–H and O–H groups in total. The third-order valence-electron chi connectivity index (χ3n) is 3.76. The molecule has 1 rings (SSSR count). The molecule has 0 aliphatic rings. The van der Waals surface area contributed by atoms with Gasteiger partial charge in [0.1, 0.15) is 0 Å². The Morgan fingerprint density at radius 2 is 1.79 bits per heavy atom. The summed E-state index contributed by atoms with van der Waals surface area (Å²) in [5.74, 6) is 0. The third kappa shape index (κ3) is 5.72. The highest BCUT2D eigenvalue weighted by Gasteiger charge is 2.21. The maximum absolute atomic E-state index is 5.96. The third-order valence-corrected chi connectivity index (χ3v) is 3.76. The van der Waals surface area contributed by atoms with E-state index < -0.39 is 0 Å². The van der Waals surface area contributed by atoms with Crippen LogP contribution in [0, 0.1) is 0 Å². The molecule has 0 heterocycles. The minimum Gasteiger partial charge on any atom is -0.329 e. The smallest absolute Gasteiger partial charge is 0.0316 e. The van der Waals surface area contributed by atoms with E-state index in [1.54, 1.807) is 0 Å². The van der Waals surface area contributed by atoms with Crippen molar-refractivity contribution in [2.45, 2.75) is 32.7 Å². The summed E-state index contributed by atoms with van der Waals surface area (Å²) in [4.78, 5) is 2.42. The van der Waals surface area contributed by atoms with Gasteiger partial charge in [0.2, 0.25) is 0 Å². The molecule has 1 aromatic rings. The van der Waals surface area contributed by atoms with Crippen LogP contribution in [0.5, 0.6) is 0 Å². The van der Waals surface area contributed by atoms with E-state index in [1.165, 1.54) is 5.56 Å². The van der Waals surface area contributed by atoms with Gasteiger partial charge in [-0.15, -0.1) is 0 Å². The lowest BCUT2D eigenvalue weighted by molar-refractivity contribution is 0.275. The summed E-state index contributed by atoms with van der Waals surface area (Å²) in [5.41, 5.74) is 7.28. The van der Waals surface area contributed by atoms with Gasteiger partial charge in [-0.1, -0.05) is 44.2 Å². The predicted octanol–water partition coefficient (Wildman–Crippen LogP) is 1.88. The zero-order valence-electron chi connectivity index (χ0n) is 12.7. The van der Waals surface area contributed by atoms with Gasteiger partial charge in [-0.2, -0.15) is 0 Å². The minimum absolute atomic E-state index is 0.0193. The van der Waals surface area contributed by atoms with Crippen LogP contribution in [0.25, 0.3) is 0 Å². The highest BCUT2D eigenvalue weighted by molar-refractivity contribution is 5.17. The molecule has 1 atom stereocenters. The molecule has 0 radical (unpaired) electrons.